The molecule has 0 radical (unpaired) electrons. The van der Waals surface area contributed by atoms with Crippen LogP contribution in [0, 0.1) is 0 Å². The van der Waals surface area contributed by atoms with Crippen LogP contribution in [-0.4, -0.2) is 0 Å². The van der Waals surface area contributed by atoms with E-state index in [4.69, 9.17) is 10.2 Å². The molecule has 1 aliphatic carbocycles. The number of rotatable bonds is 2. The third-order valence-corrected chi connectivity index (χ3v) is 5.39. The molecule has 0 aliphatic heterocycles. The van der Waals surface area contributed by atoms with Crippen molar-refractivity contribution in [3.05, 3.63) is 57.5 Å². The minimum Gasteiger partial charge on any atom is -0.459 e. The molecule has 0 saturated heterocycles. The minimum atomic E-state index is -0.141. The number of furan rings is 1. The SMILES string of the molecule is NC(c1cc2ccccc2o1)c1cc2c(s1)CCCC2. The zero-order valence-electron chi connectivity index (χ0n) is 11.3. The van der Waals surface area contributed by atoms with E-state index in [-0.39, 0.29) is 6.04 Å². The molecule has 102 valence electrons. The van der Waals surface area contributed by atoms with E-state index >= 15 is 0 Å². The summed E-state index contributed by atoms with van der Waals surface area (Å²) in [6.07, 6.45) is 5.04. The highest BCUT2D eigenvalue weighted by atomic mass is 32.1. The molecular weight excluding hydrogens is 266 g/mol. The maximum atomic E-state index is 6.41. The molecule has 2 heterocycles. The lowest BCUT2D eigenvalue weighted by Crippen LogP contribution is -2.08. The number of nitrogens with two attached hydrogens (primary N) is 1. The summed E-state index contributed by atoms with van der Waals surface area (Å²) in [4.78, 5) is 2.76. The van der Waals surface area contributed by atoms with Gasteiger partial charge in [0, 0.05) is 15.1 Å². The van der Waals surface area contributed by atoms with Crippen molar-refractivity contribution < 1.29 is 4.42 Å². The maximum Gasteiger partial charge on any atom is 0.134 e. The van der Waals surface area contributed by atoms with E-state index in [1.807, 2.05) is 29.5 Å². The van der Waals surface area contributed by atoms with Crippen LogP contribution in [0.5, 0.6) is 0 Å². The van der Waals surface area contributed by atoms with Crippen LogP contribution in [0.4, 0.5) is 0 Å². The van der Waals surface area contributed by atoms with Crippen molar-refractivity contribution in [2.75, 3.05) is 0 Å². The summed E-state index contributed by atoms with van der Waals surface area (Å²) in [5.41, 5.74) is 8.83. The van der Waals surface area contributed by atoms with E-state index < -0.39 is 0 Å². The summed E-state index contributed by atoms with van der Waals surface area (Å²) in [5, 5.41) is 1.12. The number of hydrogen-bond acceptors (Lipinski definition) is 3. The van der Waals surface area contributed by atoms with Gasteiger partial charge in [-0.1, -0.05) is 18.2 Å². The molecule has 0 bridgehead atoms. The maximum absolute atomic E-state index is 6.41. The van der Waals surface area contributed by atoms with Gasteiger partial charge in [-0.2, -0.15) is 0 Å². The standard InChI is InChI=1S/C17H17NOS/c18-17(14-9-11-5-1-3-7-13(11)19-14)16-10-12-6-2-4-8-15(12)20-16/h1,3,5,7,9-10,17H,2,4,6,8,18H2. The number of hydrogen-bond donors (Lipinski definition) is 1. The van der Waals surface area contributed by atoms with Crippen molar-refractivity contribution in [2.24, 2.45) is 5.73 Å². The van der Waals surface area contributed by atoms with Gasteiger partial charge >= 0.3 is 0 Å². The summed E-state index contributed by atoms with van der Waals surface area (Å²) in [5.74, 6) is 0.866. The molecule has 1 aliphatic rings. The summed E-state index contributed by atoms with van der Waals surface area (Å²) in [6.45, 7) is 0. The highest BCUT2D eigenvalue weighted by molar-refractivity contribution is 7.12. The van der Waals surface area contributed by atoms with Crippen LogP contribution in [0.1, 0.15) is 40.0 Å². The Morgan fingerprint density at radius 2 is 1.95 bits per heavy atom. The normalized spacial score (nSPS) is 16.2. The summed E-state index contributed by atoms with van der Waals surface area (Å²) >= 11 is 1.86. The van der Waals surface area contributed by atoms with Crippen LogP contribution in [0.15, 0.2) is 40.8 Å². The second-order valence-electron chi connectivity index (χ2n) is 5.47. The fourth-order valence-electron chi connectivity index (χ4n) is 2.96. The first-order valence-corrected chi connectivity index (χ1v) is 7.98. The van der Waals surface area contributed by atoms with Crippen molar-refractivity contribution >= 4 is 22.3 Å². The second-order valence-corrected chi connectivity index (χ2v) is 6.64. The average Bonchev–Trinajstić information content (AvgIpc) is 3.10. The fourth-order valence-corrected chi connectivity index (χ4v) is 4.23. The Bertz CT molecular complexity index is 699. The largest absolute Gasteiger partial charge is 0.459 e. The van der Waals surface area contributed by atoms with Crippen molar-refractivity contribution in [1.82, 2.24) is 0 Å². The number of thiophene rings is 1. The molecule has 3 heteroatoms. The van der Waals surface area contributed by atoms with E-state index in [1.54, 1.807) is 0 Å². The van der Waals surface area contributed by atoms with Gasteiger partial charge in [0.1, 0.15) is 11.3 Å². The lowest BCUT2D eigenvalue weighted by atomic mass is 9.98. The van der Waals surface area contributed by atoms with E-state index in [0.29, 0.717) is 0 Å². The number of benzene rings is 1. The van der Waals surface area contributed by atoms with Crippen molar-refractivity contribution in [3.63, 3.8) is 0 Å². The van der Waals surface area contributed by atoms with E-state index in [2.05, 4.69) is 18.2 Å². The van der Waals surface area contributed by atoms with Crippen LogP contribution in [0.3, 0.4) is 0 Å². The molecule has 4 rings (SSSR count). The molecule has 0 fully saturated rings. The van der Waals surface area contributed by atoms with Gasteiger partial charge in [-0.3, -0.25) is 0 Å². The van der Waals surface area contributed by atoms with Crippen LogP contribution in [0.25, 0.3) is 11.0 Å². The summed E-state index contributed by atoms with van der Waals surface area (Å²) in [6, 6.07) is 12.3. The average molecular weight is 283 g/mol. The summed E-state index contributed by atoms with van der Waals surface area (Å²) < 4.78 is 5.90. The molecule has 20 heavy (non-hydrogen) atoms. The third kappa shape index (κ3) is 1.98. The molecule has 1 unspecified atom stereocenters. The Labute approximate surface area is 122 Å². The molecule has 0 amide bonds. The first-order valence-electron chi connectivity index (χ1n) is 7.17. The molecule has 0 saturated carbocycles. The third-order valence-electron chi connectivity index (χ3n) is 4.07. The van der Waals surface area contributed by atoms with Crippen LogP contribution in [-0.2, 0) is 12.8 Å². The molecule has 2 nitrogen and oxygen atoms in total. The Morgan fingerprint density at radius 1 is 1.10 bits per heavy atom. The first-order chi connectivity index (χ1) is 9.81. The van der Waals surface area contributed by atoms with E-state index in [9.17, 15) is 0 Å². The van der Waals surface area contributed by atoms with E-state index in [1.165, 1.54) is 41.0 Å². The zero-order chi connectivity index (χ0) is 13.5. The van der Waals surface area contributed by atoms with Crippen LogP contribution < -0.4 is 5.73 Å². The lowest BCUT2D eigenvalue weighted by molar-refractivity contribution is 0.527. The predicted molar refractivity (Wildman–Crippen MR) is 83.2 cm³/mol. The minimum absolute atomic E-state index is 0.141. The number of fused-ring (bicyclic) bond motifs is 2. The van der Waals surface area contributed by atoms with Gasteiger partial charge in [-0.25, -0.2) is 0 Å². The Kier molecular flexibility index (Phi) is 2.90. The Balaban J connectivity index is 1.72. The van der Waals surface area contributed by atoms with Gasteiger partial charge in [0.05, 0.1) is 6.04 Å². The molecular formula is C17H17NOS. The van der Waals surface area contributed by atoms with E-state index in [0.717, 1.165) is 16.7 Å². The molecule has 3 aromatic rings. The molecule has 2 aromatic heterocycles. The van der Waals surface area contributed by atoms with Gasteiger partial charge < -0.3 is 10.2 Å². The highest BCUT2D eigenvalue weighted by Gasteiger charge is 2.20. The number of aryl methyl sites for hydroxylation is 2. The topological polar surface area (TPSA) is 39.2 Å². The monoisotopic (exact) mass is 283 g/mol. The van der Waals surface area contributed by atoms with Crippen LogP contribution >= 0.6 is 11.3 Å². The van der Waals surface area contributed by atoms with Gasteiger partial charge in [0.25, 0.3) is 0 Å². The molecule has 0 spiro atoms. The predicted octanol–water partition coefficient (Wildman–Crippen LogP) is 4.42. The Morgan fingerprint density at radius 3 is 2.80 bits per heavy atom. The zero-order valence-corrected chi connectivity index (χ0v) is 12.1. The quantitative estimate of drug-likeness (QED) is 0.756. The van der Waals surface area contributed by atoms with Crippen molar-refractivity contribution in [1.29, 1.82) is 0 Å². The summed E-state index contributed by atoms with van der Waals surface area (Å²) in [7, 11) is 0. The smallest absolute Gasteiger partial charge is 0.134 e. The van der Waals surface area contributed by atoms with Gasteiger partial charge in [-0.15, -0.1) is 11.3 Å². The lowest BCUT2D eigenvalue weighted by Gasteiger charge is -2.08. The van der Waals surface area contributed by atoms with Crippen molar-refractivity contribution in [3.8, 4) is 0 Å². The molecule has 1 aromatic carbocycles. The second kappa shape index (κ2) is 4.76. The van der Waals surface area contributed by atoms with Gasteiger partial charge in [0.15, 0.2) is 0 Å². The fraction of sp³-hybridized carbons (Fsp3) is 0.294. The highest BCUT2D eigenvalue weighted by Crippen LogP contribution is 2.35. The first kappa shape index (κ1) is 12.2. The Hall–Kier alpha value is -1.58. The van der Waals surface area contributed by atoms with Crippen LogP contribution in [0.2, 0.25) is 0 Å². The van der Waals surface area contributed by atoms with Gasteiger partial charge in [0.2, 0.25) is 0 Å². The van der Waals surface area contributed by atoms with Crippen molar-refractivity contribution in [2.45, 2.75) is 31.7 Å². The van der Waals surface area contributed by atoms with Gasteiger partial charge in [-0.05, 0) is 49.4 Å². The molecule has 1 atom stereocenters. The molecule has 2 N–H and O–H groups in total. The number of para-hydroxylation sites is 1.